The zero-order valence-corrected chi connectivity index (χ0v) is 19.5. The molecule has 0 N–H and O–H groups in total. The summed E-state index contributed by atoms with van der Waals surface area (Å²) in [5.41, 5.74) is 8.62. The fourth-order valence-electron chi connectivity index (χ4n) is 4.07. The first-order chi connectivity index (χ1) is 14.7. The molecule has 4 aromatic rings. The first kappa shape index (κ1) is 21.2. The zero-order chi connectivity index (χ0) is 22.2. The third kappa shape index (κ3) is 3.99. The second kappa shape index (κ2) is 7.92. The van der Waals surface area contributed by atoms with Gasteiger partial charge in [0.2, 0.25) is 0 Å². The maximum atomic E-state index is 5.35. The predicted molar refractivity (Wildman–Crippen MR) is 132 cm³/mol. The molecular weight excluding hydrogens is 376 g/mol. The minimum atomic E-state index is -0.0238. The highest BCUT2D eigenvalue weighted by Crippen LogP contribution is 2.39. The van der Waals surface area contributed by atoms with Crippen molar-refractivity contribution in [3.8, 4) is 22.5 Å². The number of fused-ring (bicyclic) bond motifs is 1. The summed E-state index contributed by atoms with van der Waals surface area (Å²) in [4.78, 5) is 10.7. The van der Waals surface area contributed by atoms with Gasteiger partial charge in [-0.15, -0.1) is 0 Å². The predicted octanol–water partition coefficient (Wildman–Crippen LogP) is 7.95. The van der Waals surface area contributed by atoms with E-state index in [0.29, 0.717) is 0 Å². The molecular formula is C29H32N2. The molecule has 0 saturated heterocycles. The Hall–Kier alpha value is -3.00. The third-order valence-electron chi connectivity index (χ3n) is 6.34. The molecule has 0 amide bonds. The van der Waals surface area contributed by atoms with Gasteiger partial charge in [-0.05, 0) is 28.4 Å². The quantitative estimate of drug-likeness (QED) is 0.342. The Morgan fingerprint density at radius 3 is 1.42 bits per heavy atom. The second-order valence-corrected chi connectivity index (χ2v) is 10.00. The van der Waals surface area contributed by atoms with Crippen LogP contribution < -0.4 is 0 Å². The molecule has 0 aliphatic rings. The van der Waals surface area contributed by atoms with Gasteiger partial charge in [0, 0.05) is 11.1 Å². The van der Waals surface area contributed by atoms with Crippen molar-refractivity contribution < 1.29 is 0 Å². The number of nitrogens with zero attached hydrogens (tertiary/aromatic N) is 2. The highest BCUT2D eigenvalue weighted by atomic mass is 14.8. The molecule has 31 heavy (non-hydrogen) atoms. The van der Waals surface area contributed by atoms with E-state index in [0.717, 1.165) is 40.0 Å². The average molecular weight is 409 g/mol. The Morgan fingerprint density at radius 2 is 1.00 bits per heavy atom. The van der Waals surface area contributed by atoms with E-state index in [2.05, 4.69) is 102 Å². The van der Waals surface area contributed by atoms with Crippen molar-refractivity contribution in [3.63, 3.8) is 0 Å². The Labute approximate surface area is 186 Å². The van der Waals surface area contributed by atoms with Gasteiger partial charge in [0.25, 0.3) is 0 Å². The van der Waals surface area contributed by atoms with Gasteiger partial charge in [0.05, 0.1) is 22.4 Å². The fraction of sp³-hybridized carbons (Fsp3) is 0.310. The van der Waals surface area contributed by atoms with E-state index >= 15 is 0 Å². The van der Waals surface area contributed by atoms with Crippen LogP contribution in [0.1, 0.15) is 59.1 Å². The lowest BCUT2D eigenvalue weighted by molar-refractivity contribution is 0.509. The van der Waals surface area contributed by atoms with Gasteiger partial charge < -0.3 is 0 Å². The van der Waals surface area contributed by atoms with Crippen molar-refractivity contribution in [2.75, 3.05) is 0 Å². The maximum absolute atomic E-state index is 5.35. The maximum Gasteiger partial charge on any atom is 0.0973 e. The number of hydrogen-bond acceptors (Lipinski definition) is 2. The highest BCUT2D eigenvalue weighted by molar-refractivity contribution is 5.90. The lowest BCUT2D eigenvalue weighted by atomic mass is 9.78. The van der Waals surface area contributed by atoms with E-state index in [1.165, 1.54) is 11.1 Å². The molecule has 0 saturated carbocycles. The van der Waals surface area contributed by atoms with Crippen LogP contribution in [0.5, 0.6) is 0 Å². The minimum absolute atomic E-state index is 0.0194. The van der Waals surface area contributed by atoms with Crippen LogP contribution in [0.25, 0.3) is 33.5 Å². The number of aromatic nitrogens is 2. The van der Waals surface area contributed by atoms with Gasteiger partial charge >= 0.3 is 0 Å². The van der Waals surface area contributed by atoms with Crippen LogP contribution in [0.3, 0.4) is 0 Å². The van der Waals surface area contributed by atoms with Gasteiger partial charge in [-0.25, -0.2) is 9.97 Å². The van der Waals surface area contributed by atoms with Crippen molar-refractivity contribution in [3.05, 3.63) is 83.9 Å². The smallest absolute Gasteiger partial charge is 0.0973 e. The van der Waals surface area contributed by atoms with Crippen molar-refractivity contribution in [1.82, 2.24) is 9.97 Å². The van der Waals surface area contributed by atoms with Crippen LogP contribution in [-0.2, 0) is 10.8 Å². The summed E-state index contributed by atoms with van der Waals surface area (Å²) >= 11 is 0. The molecule has 2 heteroatoms. The Bertz CT molecular complexity index is 1200. The van der Waals surface area contributed by atoms with Crippen molar-refractivity contribution in [2.24, 2.45) is 0 Å². The van der Waals surface area contributed by atoms with E-state index < -0.39 is 0 Å². The van der Waals surface area contributed by atoms with Crippen LogP contribution in [0.15, 0.2) is 72.8 Å². The summed E-state index contributed by atoms with van der Waals surface area (Å²) < 4.78 is 0. The number of benzene rings is 3. The molecule has 158 valence electrons. The van der Waals surface area contributed by atoms with Crippen molar-refractivity contribution in [2.45, 2.75) is 58.8 Å². The normalized spacial score (nSPS) is 12.3. The molecule has 2 nitrogen and oxygen atoms in total. The van der Waals surface area contributed by atoms with Crippen molar-refractivity contribution in [1.29, 1.82) is 0 Å². The summed E-state index contributed by atoms with van der Waals surface area (Å²) in [6, 6.07) is 25.4. The molecule has 0 aliphatic heterocycles. The topological polar surface area (TPSA) is 25.8 Å². The average Bonchev–Trinajstić information content (AvgIpc) is 2.77. The molecule has 0 unspecified atom stereocenters. The van der Waals surface area contributed by atoms with E-state index in [4.69, 9.17) is 9.97 Å². The summed E-state index contributed by atoms with van der Waals surface area (Å²) in [7, 11) is 0. The molecule has 0 fully saturated rings. The summed E-state index contributed by atoms with van der Waals surface area (Å²) in [5, 5.41) is 0. The molecule has 0 atom stereocenters. The molecule has 4 rings (SSSR count). The highest BCUT2D eigenvalue weighted by Gasteiger charge is 2.27. The molecule has 0 radical (unpaired) electrons. The monoisotopic (exact) mass is 408 g/mol. The zero-order valence-electron chi connectivity index (χ0n) is 19.5. The Balaban J connectivity index is 2.16. The second-order valence-electron chi connectivity index (χ2n) is 10.00. The minimum Gasteiger partial charge on any atom is -0.244 e. The van der Waals surface area contributed by atoms with Crippen LogP contribution in [-0.4, -0.2) is 9.97 Å². The van der Waals surface area contributed by atoms with Crippen LogP contribution in [0.2, 0.25) is 0 Å². The van der Waals surface area contributed by atoms with Gasteiger partial charge in [-0.3, -0.25) is 0 Å². The number of rotatable bonds is 4. The van der Waals surface area contributed by atoms with Crippen molar-refractivity contribution >= 4 is 11.0 Å². The Kier molecular flexibility index (Phi) is 5.43. The molecule has 3 aromatic carbocycles. The van der Waals surface area contributed by atoms with E-state index in [1.807, 2.05) is 12.1 Å². The summed E-state index contributed by atoms with van der Waals surface area (Å²) in [5.74, 6) is 0. The standard InChI is InChI=1S/C29H32N2/c1-7-29(5,6)23-19-18-22(28(2,3)4)26-27(23)31-25(21-16-12-9-13-17-21)24(30-26)20-14-10-8-11-15-20/h8-19H,7H2,1-6H3. The Morgan fingerprint density at radius 1 is 0.581 bits per heavy atom. The summed E-state index contributed by atoms with van der Waals surface area (Å²) in [6.07, 6.45) is 1.04. The largest absolute Gasteiger partial charge is 0.244 e. The van der Waals surface area contributed by atoms with Crippen LogP contribution in [0.4, 0.5) is 0 Å². The fourth-order valence-corrected chi connectivity index (χ4v) is 4.07. The van der Waals surface area contributed by atoms with Gasteiger partial charge in [0.15, 0.2) is 0 Å². The van der Waals surface area contributed by atoms with Crippen LogP contribution in [0, 0.1) is 0 Å². The number of hydrogen-bond donors (Lipinski definition) is 0. The van der Waals surface area contributed by atoms with E-state index in [1.54, 1.807) is 0 Å². The van der Waals surface area contributed by atoms with E-state index in [9.17, 15) is 0 Å². The first-order valence-electron chi connectivity index (χ1n) is 11.2. The molecule has 0 aliphatic carbocycles. The van der Waals surface area contributed by atoms with Gasteiger partial charge in [0.1, 0.15) is 0 Å². The summed E-state index contributed by atoms with van der Waals surface area (Å²) in [6.45, 7) is 13.6. The first-order valence-corrected chi connectivity index (χ1v) is 11.2. The van der Waals surface area contributed by atoms with E-state index in [-0.39, 0.29) is 10.8 Å². The molecule has 0 bridgehead atoms. The molecule has 1 aromatic heterocycles. The molecule has 0 spiro atoms. The lowest BCUT2D eigenvalue weighted by Gasteiger charge is -2.28. The molecule has 1 heterocycles. The SMILES string of the molecule is CCC(C)(C)c1ccc(C(C)(C)C)c2nc(-c3ccccc3)c(-c3ccccc3)nc12. The van der Waals surface area contributed by atoms with Gasteiger partial charge in [-0.2, -0.15) is 0 Å². The van der Waals surface area contributed by atoms with Gasteiger partial charge in [-0.1, -0.05) is 114 Å². The lowest BCUT2D eigenvalue weighted by Crippen LogP contribution is -2.19. The third-order valence-corrected chi connectivity index (χ3v) is 6.34. The van der Waals surface area contributed by atoms with Crippen LogP contribution >= 0.6 is 0 Å².